The SMILES string of the molecule is C1=CNC(CC2CCCC2)=CN=C1. The molecule has 0 aromatic rings. The maximum Gasteiger partial charge on any atom is 0.0460 e. The monoisotopic (exact) mass is 176 g/mol. The fraction of sp³-hybridized carbons (Fsp3) is 0.545. The number of allylic oxidation sites excluding steroid dienone is 2. The number of nitrogens with zero attached hydrogens (tertiary/aromatic N) is 1. The van der Waals surface area contributed by atoms with Gasteiger partial charge in [-0.05, 0) is 18.4 Å². The van der Waals surface area contributed by atoms with E-state index in [1.54, 1.807) is 0 Å². The quantitative estimate of drug-likeness (QED) is 0.687. The zero-order valence-corrected chi connectivity index (χ0v) is 7.87. The smallest absolute Gasteiger partial charge is 0.0460 e. The van der Waals surface area contributed by atoms with E-state index in [0.29, 0.717) is 0 Å². The Morgan fingerprint density at radius 1 is 1.38 bits per heavy atom. The summed E-state index contributed by atoms with van der Waals surface area (Å²) in [4.78, 5) is 4.16. The molecule has 0 spiro atoms. The van der Waals surface area contributed by atoms with Crippen molar-refractivity contribution in [1.82, 2.24) is 5.32 Å². The van der Waals surface area contributed by atoms with Crippen LogP contribution in [0, 0.1) is 5.92 Å². The van der Waals surface area contributed by atoms with E-state index in [4.69, 9.17) is 0 Å². The van der Waals surface area contributed by atoms with Crippen molar-refractivity contribution in [2.75, 3.05) is 0 Å². The third-order valence-corrected chi connectivity index (χ3v) is 2.75. The molecule has 0 bridgehead atoms. The molecule has 13 heavy (non-hydrogen) atoms. The number of hydrogen-bond donors (Lipinski definition) is 1. The number of rotatable bonds is 2. The normalized spacial score (nSPS) is 22.6. The predicted molar refractivity (Wildman–Crippen MR) is 55.4 cm³/mol. The van der Waals surface area contributed by atoms with Crippen molar-refractivity contribution >= 4 is 6.21 Å². The first-order valence-electron chi connectivity index (χ1n) is 5.09. The molecule has 2 nitrogen and oxygen atoms in total. The summed E-state index contributed by atoms with van der Waals surface area (Å²) in [6, 6.07) is 0. The van der Waals surface area contributed by atoms with Crippen LogP contribution in [0.4, 0.5) is 0 Å². The molecular formula is C11H16N2. The second-order valence-electron chi connectivity index (χ2n) is 3.81. The minimum atomic E-state index is 0.889. The summed E-state index contributed by atoms with van der Waals surface area (Å²) in [5.74, 6) is 0.889. The van der Waals surface area contributed by atoms with Crippen molar-refractivity contribution in [3.05, 3.63) is 24.2 Å². The maximum absolute atomic E-state index is 4.16. The summed E-state index contributed by atoms with van der Waals surface area (Å²) in [5, 5.41) is 3.26. The van der Waals surface area contributed by atoms with Crippen molar-refractivity contribution in [1.29, 1.82) is 0 Å². The average molecular weight is 176 g/mol. The van der Waals surface area contributed by atoms with E-state index in [1.807, 2.05) is 24.7 Å². The highest BCUT2D eigenvalue weighted by Gasteiger charge is 2.16. The fourth-order valence-corrected chi connectivity index (χ4v) is 2.06. The highest BCUT2D eigenvalue weighted by atomic mass is 14.9. The van der Waals surface area contributed by atoms with E-state index in [-0.39, 0.29) is 0 Å². The molecule has 70 valence electrons. The fourth-order valence-electron chi connectivity index (χ4n) is 2.06. The van der Waals surface area contributed by atoms with Gasteiger partial charge in [-0.15, -0.1) is 0 Å². The first-order valence-corrected chi connectivity index (χ1v) is 5.09. The Morgan fingerprint density at radius 2 is 2.23 bits per heavy atom. The lowest BCUT2D eigenvalue weighted by atomic mass is 10.0. The molecule has 0 unspecified atom stereocenters. The average Bonchev–Trinajstić information content (AvgIpc) is 2.49. The van der Waals surface area contributed by atoms with Crippen LogP contribution in [-0.4, -0.2) is 6.21 Å². The van der Waals surface area contributed by atoms with Crippen molar-refractivity contribution in [2.45, 2.75) is 32.1 Å². The third kappa shape index (κ3) is 2.44. The second kappa shape index (κ2) is 4.26. The first kappa shape index (κ1) is 8.54. The molecule has 1 aliphatic carbocycles. The summed E-state index contributed by atoms with van der Waals surface area (Å²) >= 11 is 0. The van der Waals surface area contributed by atoms with E-state index < -0.39 is 0 Å². The van der Waals surface area contributed by atoms with Crippen LogP contribution in [0.3, 0.4) is 0 Å². The molecule has 0 saturated heterocycles. The molecule has 0 amide bonds. The molecule has 0 radical (unpaired) electrons. The van der Waals surface area contributed by atoms with Crippen LogP contribution in [0.15, 0.2) is 29.2 Å². The molecule has 0 atom stereocenters. The van der Waals surface area contributed by atoms with E-state index in [2.05, 4.69) is 10.3 Å². The summed E-state index contributed by atoms with van der Waals surface area (Å²) in [6.45, 7) is 0. The van der Waals surface area contributed by atoms with Gasteiger partial charge in [-0.3, -0.25) is 4.99 Å². The lowest BCUT2D eigenvalue weighted by Crippen LogP contribution is -2.08. The van der Waals surface area contributed by atoms with E-state index in [1.165, 1.54) is 37.8 Å². The van der Waals surface area contributed by atoms with Gasteiger partial charge in [0.25, 0.3) is 0 Å². The van der Waals surface area contributed by atoms with E-state index in [9.17, 15) is 0 Å². The number of nitrogens with one attached hydrogen (secondary N) is 1. The van der Waals surface area contributed by atoms with Crippen molar-refractivity contribution < 1.29 is 0 Å². The molecule has 2 heteroatoms. The van der Waals surface area contributed by atoms with Gasteiger partial charge in [-0.1, -0.05) is 25.7 Å². The van der Waals surface area contributed by atoms with Crippen LogP contribution in [0.2, 0.25) is 0 Å². The first-order chi connectivity index (χ1) is 6.45. The standard InChI is InChI=1S/C11H16N2/c1-2-5-10(4-1)8-11-9-12-6-3-7-13-11/h3,6-7,9-10,13H,1-2,4-5,8H2. The minimum Gasteiger partial charge on any atom is -0.364 e. The molecule has 1 fully saturated rings. The maximum atomic E-state index is 4.16. The van der Waals surface area contributed by atoms with Crippen LogP contribution in [0.5, 0.6) is 0 Å². The molecule has 1 saturated carbocycles. The zero-order chi connectivity index (χ0) is 8.93. The van der Waals surface area contributed by atoms with Gasteiger partial charge >= 0.3 is 0 Å². The largest absolute Gasteiger partial charge is 0.364 e. The lowest BCUT2D eigenvalue weighted by Gasteiger charge is -2.10. The molecule has 1 heterocycles. The Bertz CT molecular complexity index is 245. The minimum absolute atomic E-state index is 0.889. The Balaban J connectivity index is 1.89. The molecule has 1 aliphatic heterocycles. The molecular weight excluding hydrogens is 160 g/mol. The van der Waals surface area contributed by atoms with Gasteiger partial charge in [-0.25, -0.2) is 0 Å². The summed E-state index contributed by atoms with van der Waals surface area (Å²) in [5.41, 5.74) is 1.26. The predicted octanol–water partition coefficient (Wildman–Crippen LogP) is 2.60. The van der Waals surface area contributed by atoms with Gasteiger partial charge in [-0.2, -0.15) is 0 Å². The van der Waals surface area contributed by atoms with Crippen molar-refractivity contribution in [2.24, 2.45) is 10.9 Å². The molecule has 2 rings (SSSR count). The summed E-state index contributed by atoms with van der Waals surface area (Å²) < 4.78 is 0. The zero-order valence-electron chi connectivity index (χ0n) is 7.87. The molecule has 1 N–H and O–H groups in total. The van der Waals surface area contributed by atoms with Gasteiger partial charge in [0.1, 0.15) is 0 Å². The van der Waals surface area contributed by atoms with Gasteiger partial charge < -0.3 is 5.32 Å². The Kier molecular flexibility index (Phi) is 2.80. The topological polar surface area (TPSA) is 24.4 Å². The van der Waals surface area contributed by atoms with Gasteiger partial charge in [0.15, 0.2) is 0 Å². The van der Waals surface area contributed by atoms with Crippen molar-refractivity contribution in [3.8, 4) is 0 Å². The lowest BCUT2D eigenvalue weighted by molar-refractivity contribution is 0.532. The molecule has 2 aliphatic rings. The van der Waals surface area contributed by atoms with Gasteiger partial charge in [0, 0.05) is 24.3 Å². The Morgan fingerprint density at radius 3 is 3.08 bits per heavy atom. The van der Waals surface area contributed by atoms with E-state index >= 15 is 0 Å². The van der Waals surface area contributed by atoms with Crippen LogP contribution in [-0.2, 0) is 0 Å². The van der Waals surface area contributed by atoms with Crippen LogP contribution in [0.25, 0.3) is 0 Å². The summed E-state index contributed by atoms with van der Waals surface area (Å²) in [7, 11) is 0. The highest BCUT2D eigenvalue weighted by Crippen LogP contribution is 2.29. The Labute approximate surface area is 79.4 Å². The van der Waals surface area contributed by atoms with E-state index in [0.717, 1.165) is 5.92 Å². The van der Waals surface area contributed by atoms with Gasteiger partial charge in [0.2, 0.25) is 0 Å². The van der Waals surface area contributed by atoms with Crippen molar-refractivity contribution in [3.63, 3.8) is 0 Å². The number of hydrogen-bond acceptors (Lipinski definition) is 2. The second-order valence-corrected chi connectivity index (χ2v) is 3.81. The Hall–Kier alpha value is -1.05. The molecule has 0 aromatic heterocycles. The molecule has 0 aromatic carbocycles. The van der Waals surface area contributed by atoms with Crippen LogP contribution >= 0.6 is 0 Å². The highest BCUT2D eigenvalue weighted by molar-refractivity contribution is 5.72. The van der Waals surface area contributed by atoms with Crippen LogP contribution in [0.1, 0.15) is 32.1 Å². The number of aliphatic imine (C=N–C) groups is 1. The van der Waals surface area contributed by atoms with Crippen LogP contribution < -0.4 is 5.32 Å². The summed E-state index contributed by atoms with van der Waals surface area (Å²) in [6.07, 6.45) is 14.4. The third-order valence-electron chi connectivity index (χ3n) is 2.75. The van der Waals surface area contributed by atoms with Gasteiger partial charge in [0.05, 0.1) is 0 Å².